The molecule has 2 aliphatic rings. The van der Waals surface area contributed by atoms with Crippen LogP contribution in [0.4, 0.5) is 30.7 Å². The van der Waals surface area contributed by atoms with Crippen molar-refractivity contribution >= 4 is 29.4 Å². The Morgan fingerprint density at radius 1 is 1.06 bits per heavy atom. The van der Waals surface area contributed by atoms with E-state index >= 15 is 0 Å². The summed E-state index contributed by atoms with van der Waals surface area (Å²) in [7, 11) is 0. The summed E-state index contributed by atoms with van der Waals surface area (Å²) in [4.78, 5) is 37.2. The molecule has 3 heterocycles. The normalized spacial score (nSPS) is 20.9. The monoisotopic (exact) mass is 782 g/mol. The van der Waals surface area contributed by atoms with E-state index in [9.17, 15) is 40.3 Å². The van der Waals surface area contributed by atoms with Crippen molar-refractivity contribution in [1.29, 1.82) is 0 Å². The number of nitrogens with zero attached hydrogens (tertiary/aromatic N) is 7. The molecule has 4 atom stereocenters. The predicted molar refractivity (Wildman–Crippen MR) is 180 cm³/mol. The number of guanidine groups is 1. The number of hydrogen-bond donors (Lipinski definition) is 1. The van der Waals surface area contributed by atoms with E-state index in [2.05, 4.69) is 15.2 Å². The first kappa shape index (κ1) is 38.7. The Labute approximate surface area is 308 Å². The van der Waals surface area contributed by atoms with Crippen LogP contribution in [-0.2, 0) is 19.9 Å². The van der Waals surface area contributed by atoms with Crippen LogP contribution in [0.25, 0.3) is 16.8 Å². The molecule has 1 amide bonds. The lowest BCUT2D eigenvalue weighted by Crippen LogP contribution is -2.47. The fourth-order valence-electron chi connectivity index (χ4n) is 6.73. The Kier molecular flexibility index (Phi) is 10.3. The zero-order valence-electron chi connectivity index (χ0n) is 28.9. The molecular weight excluding hydrogens is 749 g/mol. The van der Waals surface area contributed by atoms with E-state index in [-0.39, 0.29) is 35.1 Å². The number of halogens is 8. The molecule has 4 aromatic rings. The number of esters is 1. The molecule has 1 aliphatic heterocycles. The van der Waals surface area contributed by atoms with Gasteiger partial charge in [0.1, 0.15) is 12.9 Å². The van der Waals surface area contributed by atoms with Gasteiger partial charge in [-0.05, 0) is 53.0 Å². The highest BCUT2D eigenvalue weighted by Gasteiger charge is 2.56. The number of carbonyl (C=O) groups is 2. The molecule has 2 N–H and O–H groups in total. The lowest BCUT2D eigenvalue weighted by Gasteiger charge is -2.35. The highest BCUT2D eigenvalue weighted by Crippen LogP contribution is 2.52. The minimum atomic E-state index is -4.46. The van der Waals surface area contributed by atoms with Crippen LogP contribution < -0.4 is 5.73 Å². The molecule has 0 unspecified atom stereocenters. The zero-order chi connectivity index (χ0) is 39.3. The smallest absolute Gasteiger partial charge is 0.392 e. The molecule has 1 fully saturated rings. The van der Waals surface area contributed by atoms with E-state index in [4.69, 9.17) is 27.1 Å². The quantitative estimate of drug-likeness (QED) is 0.115. The van der Waals surface area contributed by atoms with E-state index in [0.717, 1.165) is 15.9 Å². The summed E-state index contributed by atoms with van der Waals surface area (Å²) >= 11 is 6.42. The van der Waals surface area contributed by atoms with Gasteiger partial charge < -0.3 is 10.5 Å². The molecule has 1 aliphatic carbocycles. The van der Waals surface area contributed by atoms with Gasteiger partial charge in [0.2, 0.25) is 0 Å². The number of rotatable bonds is 12. The van der Waals surface area contributed by atoms with Crippen molar-refractivity contribution in [2.45, 2.75) is 70.8 Å². The molecule has 1 saturated carbocycles. The molecule has 288 valence electrons. The third kappa shape index (κ3) is 7.79. The van der Waals surface area contributed by atoms with Crippen LogP contribution >= 0.6 is 11.6 Å². The lowest BCUT2D eigenvalue weighted by atomic mass is 9.75. The number of aliphatic imine (C=N–C) groups is 1. The summed E-state index contributed by atoms with van der Waals surface area (Å²) in [6.07, 6.45) is -4.79. The number of ether oxygens (including phenoxy) is 1. The van der Waals surface area contributed by atoms with Gasteiger partial charge >= 0.3 is 18.7 Å². The first-order chi connectivity index (χ1) is 25.3. The molecule has 19 heteroatoms. The highest BCUT2D eigenvalue weighted by molar-refractivity contribution is 6.32. The number of aromatic nitrogens is 5. The second kappa shape index (κ2) is 14.3. The molecule has 6 rings (SSSR count). The van der Waals surface area contributed by atoms with Crippen LogP contribution in [-0.4, -0.2) is 60.1 Å². The van der Waals surface area contributed by atoms with Crippen molar-refractivity contribution in [2.75, 3.05) is 6.61 Å². The maximum absolute atomic E-state index is 14.9. The van der Waals surface area contributed by atoms with Crippen LogP contribution in [0.3, 0.4) is 0 Å². The van der Waals surface area contributed by atoms with Gasteiger partial charge in [-0.3, -0.25) is 14.5 Å². The molecule has 54 heavy (non-hydrogen) atoms. The van der Waals surface area contributed by atoms with Gasteiger partial charge in [-0.2, -0.15) is 32.1 Å². The fraction of sp³-hybridized carbons (Fsp3) is 0.429. The second-order valence-corrected chi connectivity index (χ2v) is 14.8. The molecule has 0 bridgehead atoms. The summed E-state index contributed by atoms with van der Waals surface area (Å²) in [6.45, 7) is 2.17. The molecule has 0 spiro atoms. The minimum Gasteiger partial charge on any atom is -0.463 e. The number of amides is 1. The van der Waals surface area contributed by atoms with Crippen LogP contribution in [0.5, 0.6) is 0 Å². The first-order valence-electron chi connectivity index (χ1n) is 16.6. The Morgan fingerprint density at radius 2 is 1.76 bits per heavy atom. The highest BCUT2D eigenvalue weighted by atomic mass is 35.5. The Hall–Kier alpha value is -5.00. The summed E-state index contributed by atoms with van der Waals surface area (Å²) in [5, 5.41) is 7.51. The van der Waals surface area contributed by atoms with Gasteiger partial charge in [-0.1, -0.05) is 62.7 Å². The topological polar surface area (TPSA) is 134 Å². The van der Waals surface area contributed by atoms with E-state index in [0.29, 0.717) is 21.4 Å². The number of nitrogens with two attached hydrogens (primary N) is 1. The largest absolute Gasteiger partial charge is 0.463 e. The first-order valence-corrected chi connectivity index (χ1v) is 17.0. The predicted octanol–water partition coefficient (Wildman–Crippen LogP) is 7.78. The van der Waals surface area contributed by atoms with Gasteiger partial charge in [0.15, 0.2) is 17.3 Å². The Bertz CT molecular complexity index is 2060. The number of carbonyl (C=O) groups excluding carboxylic acids is 2. The van der Waals surface area contributed by atoms with Crippen LogP contribution in [0.15, 0.2) is 66.2 Å². The average Bonchev–Trinajstić information content (AvgIpc) is 3.40. The summed E-state index contributed by atoms with van der Waals surface area (Å²) < 4.78 is 100. The lowest BCUT2D eigenvalue weighted by molar-refractivity contribution is -0.155. The van der Waals surface area contributed by atoms with Crippen molar-refractivity contribution in [3.05, 3.63) is 83.2 Å². The van der Waals surface area contributed by atoms with Gasteiger partial charge in [-0.25, -0.2) is 28.1 Å². The fourth-order valence-corrected chi connectivity index (χ4v) is 6.93. The van der Waals surface area contributed by atoms with E-state index < -0.39 is 78.7 Å². The van der Waals surface area contributed by atoms with Crippen molar-refractivity contribution in [1.82, 2.24) is 29.4 Å². The van der Waals surface area contributed by atoms with E-state index in [1.54, 1.807) is 24.3 Å². The third-order valence-electron chi connectivity index (χ3n) is 9.25. The second-order valence-electron chi connectivity index (χ2n) is 14.4. The van der Waals surface area contributed by atoms with Crippen molar-refractivity contribution < 1.29 is 45.1 Å². The van der Waals surface area contributed by atoms with Crippen LogP contribution in [0, 0.1) is 17.3 Å². The van der Waals surface area contributed by atoms with Crippen LogP contribution in [0.2, 0.25) is 5.02 Å². The number of benzene rings is 2. The van der Waals surface area contributed by atoms with Crippen molar-refractivity contribution in [2.24, 2.45) is 28.0 Å². The molecule has 11 nitrogen and oxygen atoms in total. The Morgan fingerprint density at radius 3 is 2.35 bits per heavy atom. The van der Waals surface area contributed by atoms with E-state index in [1.807, 2.05) is 20.8 Å². The summed E-state index contributed by atoms with van der Waals surface area (Å²) in [6, 6.07) is 9.30. The molecule has 2 aromatic heterocycles. The Balaban J connectivity index is 1.38. The molecule has 0 radical (unpaired) electrons. The molecule has 2 aromatic carbocycles. The maximum Gasteiger partial charge on any atom is 0.392 e. The van der Waals surface area contributed by atoms with Gasteiger partial charge in [0, 0.05) is 18.2 Å². The van der Waals surface area contributed by atoms with Gasteiger partial charge in [0.05, 0.1) is 28.9 Å². The van der Waals surface area contributed by atoms with Gasteiger partial charge in [-0.15, -0.1) is 0 Å². The minimum absolute atomic E-state index is 0.0236. The SMILES string of the molecule is CC(C)(C)C[C@]1(c2ccc(-c3cnn(C(F)F)c3)cc2)N=C(N)N([C@H](COC(=O)C[C@H]2C[C@@H]2C(F)(F)F)c2ccc(Cl)c(-n3ncnc3C(F)F)c2)C1=O. The summed E-state index contributed by atoms with van der Waals surface area (Å²) in [5.41, 5.74) is 5.75. The number of hydrogen-bond acceptors (Lipinski definition) is 8. The maximum atomic E-state index is 14.9. The van der Waals surface area contributed by atoms with Crippen molar-refractivity contribution in [3.8, 4) is 16.8 Å². The third-order valence-corrected chi connectivity index (χ3v) is 9.57. The molecular formula is C35H34ClF7N8O3. The summed E-state index contributed by atoms with van der Waals surface area (Å²) in [5.74, 6) is -5.20. The standard InChI is InChI=1S/C35H34ClF7N8O3/c1-33(2,3)16-34(22-7-4-18(5-8-22)21-13-46-49(14-21)31(39)40)30(53)50(32(44)48-34)26(15-54-27(52)12-20-10-23(20)35(41,42)43)19-6-9-24(36)25(11-19)51-29(28(37)38)45-17-47-51/h4-9,11,13-14,17,20,23,26,28,31H,10,12,15-16H2,1-3H3,(H2,44,48)/t20-,23+,26-,34-/m1/s1. The average molecular weight is 783 g/mol. The van der Waals surface area contributed by atoms with E-state index in [1.165, 1.54) is 30.6 Å². The van der Waals surface area contributed by atoms with Crippen molar-refractivity contribution in [3.63, 3.8) is 0 Å². The van der Waals surface area contributed by atoms with Crippen LogP contribution in [0.1, 0.15) is 76.0 Å². The zero-order valence-corrected chi connectivity index (χ0v) is 29.7. The number of alkyl halides is 7. The van der Waals surface area contributed by atoms with Gasteiger partial charge in [0.25, 0.3) is 12.3 Å². The molecule has 0 saturated heterocycles.